The van der Waals surface area contributed by atoms with Gasteiger partial charge in [-0.2, -0.15) is 13.2 Å². The number of rotatable bonds is 6. The molecule has 2 N–H and O–H groups in total. The van der Waals surface area contributed by atoms with Gasteiger partial charge in [0.25, 0.3) is 0 Å². The van der Waals surface area contributed by atoms with Crippen LogP contribution in [0.2, 0.25) is 0 Å². The lowest BCUT2D eigenvalue weighted by Crippen LogP contribution is -2.42. The number of nitrogens with zero attached hydrogens (tertiary/aromatic N) is 1. The highest BCUT2D eigenvalue weighted by Gasteiger charge is 2.31. The van der Waals surface area contributed by atoms with E-state index in [0.717, 1.165) is 12.1 Å². The largest absolute Gasteiger partial charge is 0.416 e. The van der Waals surface area contributed by atoms with E-state index in [4.69, 9.17) is 5.73 Å². The molecule has 1 atom stereocenters. The lowest BCUT2D eigenvalue weighted by atomic mass is 9.92. The van der Waals surface area contributed by atoms with E-state index in [9.17, 15) is 18.0 Å². The first-order valence-corrected chi connectivity index (χ1v) is 7.57. The Kier molecular flexibility index (Phi) is 8.26. The van der Waals surface area contributed by atoms with Gasteiger partial charge < -0.3 is 10.6 Å². The number of carbonyl (C=O) groups excluding carboxylic acids is 1. The molecule has 0 bridgehead atoms. The van der Waals surface area contributed by atoms with E-state index in [2.05, 4.69) is 0 Å². The molecule has 0 saturated carbocycles. The van der Waals surface area contributed by atoms with Crippen molar-refractivity contribution in [2.45, 2.75) is 33.4 Å². The van der Waals surface area contributed by atoms with Crippen molar-refractivity contribution in [2.75, 3.05) is 20.1 Å². The Balaban J connectivity index is 0.00000529. The Labute approximate surface area is 147 Å². The Hall–Kier alpha value is -1.27. The minimum absolute atomic E-state index is 0. The van der Waals surface area contributed by atoms with Gasteiger partial charge in [-0.3, -0.25) is 4.79 Å². The van der Waals surface area contributed by atoms with Gasteiger partial charge in [0.1, 0.15) is 0 Å². The molecule has 1 amide bonds. The predicted octanol–water partition coefficient (Wildman–Crippen LogP) is 3.75. The molecule has 0 radical (unpaired) electrons. The molecule has 1 unspecified atom stereocenters. The van der Waals surface area contributed by atoms with Gasteiger partial charge in [-0.1, -0.05) is 39.0 Å². The summed E-state index contributed by atoms with van der Waals surface area (Å²) in [5, 5.41) is 0. The molecule has 7 heteroatoms. The molecule has 0 heterocycles. The van der Waals surface area contributed by atoms with Crippen LogP contribution >= 0.6 is 12.4 Å². The van der Waals surface area contributed by atoms with Crippen LogP contribution in [0, 0.1) is 11.3 Å². The van der Waals surface area contributed by atoms with E-state index in [-0.39, 0.29) is 30.2 Å². The van der Waals surface area contributed by atoms with E-state index < -0.39 is 17.7 Å². The first-order valence-electron chi connectivity index (χ1n) is 7.57. The predicted molar refractivity (Wildman–Crippen MR) is 92.0 cm³/mol. The van der Waals surface area contributed by atoms with Gasteiger partial charge in [0.15, 0.2) is 0 Å². The van der Waals surface area contributed by atoms with E-state index in [1.54, 1.807) is 24.9 Å². The highest BCUT2D eigenvalue weighted by molar-refractivity contribution is 5.85. The molecule has 24 heavy (non-hydrogen) atoms. The fourth-order valence-electron chi connectivity index (χ4n) is 2.48. The number of hydrogen-bond donors (Lipinski definition) is 1. The van der Waals surface area contributed by atoms with Gasteiger partial charge in [-0.05, 0) is 30.0 Å². The van der Waals surface area contributed by atoms with Gasteiger partial charge >= 0.3 is 6.18 Å². The van der Waals surface area contributed by atoms with Crippen molar-refractivity contribution in [3.63, 3.8) is 0 Å². The first-order chi connectivity index (χ1) is 10.5. The summed E-state index contributed by atoms with van der Waals surface area (Å²) in [6.07, 6.45) is -4.10. The molecule has 3 nitrogen and oxygen atoms in total. The molecule has 0 aliphatic rings. The number of alkyl halides is 3. The van der Waals surface area contributed by atoms with Crippen LogP contribution in [-0.2, 0) is 17.4 Å². The quantitative estimate of drug-likeness (QED) is 0.833. The number of amides is 1. The maximum atomic E-state index is 12.7. The van der Waals surface area contributed by atoms with Crippen LogP contribution in [0.1, 0.15) is 31.9 Å². The van der Waals surface area contributed by atoms with E-state index in [0.29, 0.717) is 18.7 Å². The van der Waals surface area contributed by atoms with Gasteiger partial charge in [0.05, 0.1) is 5.56 Å². The summed E-state index contributed by atoms with van der Waals surface area (Å²) in [6, 6.07) is 5.12. The van der Waals surface area contributed by atoms with Gasteiger partial charge in [-0.15, -0.1) is 12.4 Å². The second-order valence-electron chi connectivity index (χ2n) is 6.87. The highest BCUT2D eigenvalue weighted by atomic mass is 35.5. The van der Waals surface area contributed by atoms with Gasteiger partial charge in [0.2, 0.25) is 5.91 Å². The number of hydrogen-bond acceptors (Lipinski definition) is 2. The van der Waals surface area contributed by atoms with Crippen LogP contribution in [0.25, 0.3) is 0 Å². The second kappa shape index (κ2) is 8.72. The molecule has 0 aliphatic carbocycles. The molecule has 0 aliphatic heterocycles. The first kappa shape index (κ1) is 22.7. The molecular formula is C17H26ClF3N2O. The zero-order valence-corrected chi connectivity index (χ0v) is 15.3. The summed E-state index contributed by atoms with van der Waals surface area (Å²) >= 11 is 0. The van der Waals surface area contributed by atoms with Crippen LogP contribution in [0.3, 0.4) is 0 Å². The van der Waals surface area contributed by atoms with E-state index in [1.165, 1.54) is 6.07 Å². The van der Waals surface area contributed by atoms with Gasteiger partial charge in [-0.25, -0.2) is 0 Å². The average molecular weight is 367 g/mol. The molecule has 0 fully saturated rings. The molecule has 0 aromatic heterocycles. The molecule has 1 rings (SSSR count). The minimum Gasteiger partial charge on any atom is -0.345 e. The Morgan fingerprint density at radius 2 is 1.88 bits per heavy atom. The number of halogens is 4. The molecule has 1 aromatic rings. The highest BCUT2D eigenvalue weighted by Crippen LogP contribution is 2.30. The summed E-state index contributed by atoms with van der Waals surface area (Å²) < 4.78 is 38.2. The lowest BCUT2D eigenvalue weighted by molar-refractivity contribution is -0.137. The zero-order valence-electron chi connectivity index (χ0n) is 14.5. The molecule has 1 aromatic carbocycles. The fourth-order valence-corrected chi connectivity index (χ4v) is 2.48. The lowest BCUT2D eigenvalue weighted by Gasteiger charge is -2.30. The summed E-state index contributed by atoms with van der Waals surface area (Å²) in [6.45, 7) is 6.62. The monoisotopic (exact) mass is 366 g/mol. The molecular weight excluding hydrogens is 341 g/mol. The third-order valence-corrected chi connectivity index (χ3v) is 3.81. The normalized spacial score (nSPS) is 13.2. The molecule has 0 saturated heterocycles. The SMILES string of the molecule is CC(Cc1cccc(C(F)(F)F)c1)C(=O)N(C)CC(C)(C)CN.Cl. The molecule has 138 valence electrons. The third kappa shape index (κ3) is 6.69. The van der Waals surface area contributed by atoms with Crippen molar-refractivity contribution in [3.8, 4) is 0 Å². The van der Waals surface area contributed by atoms with Crippen LogP contribution in [0.5, 0.6) is 0 Å². The smallest absolute Gasteiger partial charge is 0.345 e. The van der Waals surface area contributed by atoms with E-state index >= 15 is 0 Å². The standard InChI is InChI=1S/C17H25F3N2O.ClH/c1-12(15(23)22(4)11-16(2,3)10-21)8-13-6-5-7-14(9-13)17(18,19)20;/h5-7,9,12H,8,10-11,21H2,1-4H3;1H. The topological polar surface area (TPSA) is 46.3 Å². The van der Waals surface area contributed by atoms with Crippen molar-refractivity contribution < 1.29 is 18.0 Å². The summed E-state index contributed by atoms with van der Waals surface area (Å²) in [5.74, 6) is -0.485. The number of benzene rings is 1. The average Bonchev–Trinajstić information content (AvgIpc) is 2.45. The summed E-state index contributed by atoms with van der Waals surface area (Å²) in [4.78, 5) is 14.0. The van der Waals surface area contributed by atoms with Crippen molar-refractivity contribution in [3.05, 3.63) is 35.4 Å². The van der Waals surface area contributed by atoms with Crippen molar-refractivity contribution >= 4 is 18.3 Å². The van der Waals surface area contributed by atoms with Crippen LogP contribution in [-0.4, -0.2) is 30.9 Å². The summed E-state index contributed by atoms with van der Waals surface area (Å²) in [7, 11) is 1.70. The van der Waals surface area contributed by atoms with Gasteiger partial charge in [0, 0.05) is 19.5 Å². The fraction of sp³-hybridized carbons (Fsp3) is 0.588. The van der Waals surface area contributed by atoms with E-state index in [1.807, 2.05) is 13.8 Å². The Morgan fingerprint density at radius 1 is 1.29 bits per heavy atom. The maximum absolute atomic E-state index is 12.7. The minimum atomic E-state index is -4.37. The zero-order chi connectivity index (χ0) is 17.8. The van der Waals surface area contributed by atoms with Crippen molar-refractivity contribution in [1.82, 2.24) is 4.90 Å². The van der Waals surface area contributed by atoms with Crippen LogP contribution in [0.15, 0.2) is 24.3 Å². The third-order valence-electron chi connectivity index (χ3n) is 3.81. The van der Waals surface area contributed by atoms with Crippen molar-refractivity contribution in [2.24, 2.45) is 17.1 Å². The Morgan fingerprint density at radius 3 is 2.38 bits per heavy atom. The molecule has 0 spiro atoms. The second-order valence-corrected chi connectivity index (χ2v) is 6.87. The number of carbonyl (C=O) groups is 1. The Bertz CT molecular complexity index is 547. The van der Waals surface area contributed by atoms with Crippen LogP contribution in [0.4, 0.5) is 13.2 Å². The maximum Gasteiger partial charge on any atom is 0.416 e. The number of nitrogens with two attached hydrogens (primary N) is 1. The summed E-state index contributed by atoms with van der Waals surface area (Å²) in [5.41, 5.74) is 5.29. The van der Waals surface area contributed by atoms with Crippen LogP contribution < -0.4 is 5.73 Å². The van der Waals surface area contributed by atoms with Crippen molar-refractivity contribution in [1.29, 1.82) is 0 Å².